The molecule has 0 fully saturated rings. The Balaban J connectivity index is 1.50. The quantitative estimate of drug-likeness (QED) is 0.547. The first-order valence-electron chi connectivity index (χ1n) is 10.5. The second kappa shape index (κ2) is 9.36. The second-order valence-electron chi connectivity index (χ2n) is 8.03. The molecule has 0 radical (unpaired) electrons. The molecule has 7 heteroatoms. The van der Waals surface area contributed by atoms with Crippen LogP contribution in [0, 0.1) is 12.7 Å². The van der Waals surface area contributed by atoms with Crippen molar-refractivity contribution in [2.24, 2.45) is 5.10 Å². The van der Waals surface area contributed by atoms with Gasteiger partial charge in [0, 0.05) is 13.0 Å². The number of methoxy groups -OCH3 is 1. The van der Waals surface area contributed by atoms with Gasteiger partial charge in [0.25, 0.3) is 5.91 Å². The lowest BCUT2D eigenvalue weighted by atomic mass is 10.0. The molecule has 6 nitrogen and oxygen atoms in total. The topological polar surface area (TPSA) is 58.3 Å². The molecule has 1 aliphatic rings. The van der Waals surface area contributed by atoms with E-state index in [-0.39, 0.29) is 24.2 Å². The summed E-state index contributed by atoms with van der Waals surface area (Å²) in [6.07, 6.45) is 2.18. The molecule has 0 spiro atoms. The van der Waals surface area contributed by atoms with Crippen molar-refractivity contribution < 1.29 is 18.3 Å². The Morgan fingerprint density at radius 3 is 2.69 bits per heavy atom. The molecule has 3 aromatic rings. The maximum atomic E-state index is 14.0. The van der Waals surface area contributed by atoms with Crippen molar-refractivity contribution in [3.05, 3.63) is 89.1 Å². The Bertz CT molecular complexity index is 1110. The Hall–Kier alpha value is -3.45. The highest BCUT2D eigenvalue weighted by Crippen LogP contribution is 2.33. The first-order chi connectivity index (χ1) is 15.4. The highest BCUT2D eigenvalue weighted by molar-refractivity contribution is 6.03. The highest BCUT2D eigenvalue weighted by Gasteiger charge is 2.35. The summed E-state index contributed by atoms with van der Waals surface area (Å²) >= 11 is 0. The minimum atomic E-state index is -0.422. The normalized spacial score (nSPS) is 15.8. The number of hydrazone groups is 1. The number of benzene rings is 2. The van der Waals surface area contributed by atoms with E-state index in [0.717, 1.165) is 16.8 Å². The Kier molecular flexibility index (Phi) is 6.37. The van der Waals surface area contributed by atoms with Crippen molar-refractivity contribution in [1.29, 1.82) is 0 Å². The van der Waals surface area contributed by atoms with Crippen LogP contribution in [0.2, 0.25) is 0 Å². The summed E-state index contributed by atoms with van der Waals surface area (Å²) < 4.78 is 24.6. The van der Waals surface area contributed by atoms with Crippen molar-refractivity contribution in [3.63, 3.8) is 0 Å². The van der Waals surface area contributed by atoms with Crippen LogP contribution in [-0.4, -0.2) is 42.2 Å². The predicted octanol–water partition coefficient (Wildman–Crippen LogP) is 4.55. The molecule has 2 heterocycles. The number of carbonyl (C=O) groups is 1. The van der Waals surface area contributed by atoms with E-state index in [4.69, 9.17) is 9.15 Å². The lowest BCUT2D eigenvalue weighted by Crippen LogP contribution is -2.36. The molecule has 4 rings (SSSR count). The van der Waals surface area contributed by atoms with Crippen LogP contribution in [0.1, 0.15) is 34.9 Å². The van der Waals surface area contributed by atoms with Gasteiger partial charge < -0.3 is 9.15 Å². The molecular formula is C25H26FN3O3. The number of rotatable bonds is 7. The SMILES string of the molecule is COc1ccc(CN(C)CC(=O)N2N=C(c3ccc(C)cc3)CC2c2ccco2)cc1F. The average molecular weight is 435 g/mol. The van der Waals surface area contributed by atoms with Gasteiger partial charge in [0.2, 0.25) is 0 Å². The lowest BCUT2D eigenvalue weighted by molar-refractivity contribution is -0.134. The summed E-state index contributed by atoms with van der Waals surface area (Å²) in [7, 11) is 3.25. The number of carbonyl (C=O) groups excluding carboxylic acids is 1. The summed E-state index contributed by atoms with van der Waals surface area (Å²) in [5, 5.41) is 6.17. The molecule has 166 valence electrons. The summed E-state index contributed by atoms with van der Waals surface area (Å²) in [4.78, 5) is 15.0. The molecule has 0 N–H and O–H groups in total. The first kappa shape index (κ1) is 21.8. The second-order valence-corrected chi connectivity index (χ2v) is 8.03. The number of hydrogen-bond donors (Lipinski definition) is 0. The van der Waals surface area contributed by atoms with E-state index in [9.17, 15) is 9.18 Å². The maximum absolute atomic E-state index is 14.0. The molecule has 0 saturated carbocycles. The molecule has 0 saturated heterocycles. The maximum Gasteiger partial charge on any atom is 0.257 e. The minimum Gasteiger partial charge on any atom is -0.494 e. The molecule has 0 aliphatic carbocycles. The summed E-state index contributed by atoms with van der Waals surface area (Å²) in [6.45, 7) is 2.59. The summed E-state index contributed by atoms with van der Waals surface area (Å²) in [5.41, 5.74) is 3.76. The largest absolute Gasteiger partial charge is 0.494 e. The third-order valence-electron chi connectivity index (χ3n) is 5.50. The molecule has 1 aromatic heterocycles. The Morgan fingerprint density at radius 2 is 2.03 bits per heavy atom. The smallest absolute Gasteiger partial charge is 0.257 e. The van der Waals surface area contributed by atoms with Gasteiger partial charge in [-0.05, 0) is 49.4 Å². The van der Waals surface area contributed by atoms with Crippen LogP contribution < -0.4 is 4.74 Å². The molecule has 1 atom stereocenters. The van der Waals surface area contributed by atoms with Crippen molar-refractivity contribution in [1.82, 2.24) is 9.91 Å². The standard InChI is InChI=1S/C25H26FN3O3/c1-17-6-9-19(10-7-17)21-14-22(24-5-4-12-32-24)29(27-21)25(30)16-28(2)15-18-8-11-23(31-3)20(26)13-18/h4-13,22H,14-16H2,1-3H3. The lowest BCUT2D eigenvalue weighted by Gasteiger charge is -2.23. The Morgan fingerprint density at radius 1 is 1.25 bits per heavy atom. The van der Waals surface area contributed by atoms with E-state index < -0.39 is 5.82 Å². The number of halogens is 1. The van der Waals surface area contributed by atoms with Crippen LogP contribution >= 0.6 is 0 Å². The van der Waals surface area contributed by atoms with Crippen LogP contribution in [0.15, 0.2) is 70.4 Å². The van der Waals surface area contributed by atoms with Gasteiger partial charge in [0.1, 0.15) is 11.8 Å². The summed E-state index contributed by atoms with van der Waals surface area (Å²) in [6, 6.07) is 16.3. The van der Waals surface area contributed by atoms with Gasteiger partial charge in [0.15, 0.2) is 11.6 Å². The van der Waals surface area contributed by atoms with Crippen molar-refractivity contribution in [2.45, 2.75) is 25.9 Å². The number of likely N-dealkylation sites (N-methyl/N-ethyl adjacent to an activating group) is 1. The van der Waals surface area contributed by atoms with E-state index in [1.165, 1.54) is 23.7 Å². The minimum absolute atomic E-state index is 0.134. The van der Waals surface area contributed by atoms with E-state index in [1.807, 2.05) is 55.3 Å². The van der Waals surface area contributed by atoms with Crippen LogP contribution in [0.3, 0.4) is 0 Å². The average Bonchev–Trinajstić information content (AvgIpc) is 3.44. The van der Waals surface area contributed by atoms with Crippen molar-refractivity contribution in [2.75, 3.05) is 20.7 Å². The van der Waals surface area contributed by atoms with Crippen molar-refractivity contribution in [3.8, 4) is 5.75 Å². The molecule has 32 heavy (non-hydrogen) atoms. The highest BCUT2D eigenvalue weighted by atomic mass is 19.1. The van der Waals surface area contributed by atoms with E-state index in [0.29, 0.717) is 18.7 Å². The van der Waals surface area contributed by atoms with Gasteiger partial charge in [-0.25, -0.2) is 9.40 Å². The summed E-state index contributed by atoms with van der Waals surface area (Å²) in [5.74, 6) is 0.326. The van der Waals surface area contributed by atoms with E-state index in [1.54, 1.807) is 18.4 Å². The number of furan rings is 1. The third kappa shape index (κ3) is 4.73. The van der Waals surface area contributed by atoms with Crippen LogP contribution in [0.5, 0.6) is 5.75 Å². The molecule has 1 aliphatic heterocycles. The fourth-order valence-electron chi connectivity index (χ4n) is 3.84. The van der Waals surface area contributed by atoms with Crippen molar-refractivity contribution >= 4 is 11.6 Å². The zero-order valence-corrected chi connectivity index (χ0v) is 18.4. The molecular weight excluding hydrogens is 409 g/mol. The monoisotopic (exact) mass is 435 g/mol. The third-order valence-corrected chi connectivity index (χ3v) is 5.50. The van der Waals surface area contributed by atoms with Crippen LogP contribution in [0.25, 0.3) is 0 Å². The van der Waals surface area contributed by atoms with Gasteiger partial charge in [-0.1, -0.05) is 35.9 Å². The number of nitrogens with zero attached hydrogens (tertiary/aromatic N) is 3. The number of ether oxygens (including phenoxy) is 1. The molecule has 1 unspecified atom stereocenters. The first-order valence-corrected chi connectivity index (χ1v) is 10.5. The van der Waals surface area contributed by atoms with Gasteiger partial charge >= 0.3 is 0 Å². The predicted molar refractivity (Wildman–Crippen MR) is 120 cm³/mol. The molecule has 1 amide bonds. The van der Waals surface area contributed by atoms with Gasteiger partial charge in [-0.15, -0.1) is 0 Å². The molecule has 0 bridgehead atoms. The van der Waals surface area contributed by atoms with E-state index in [2.05, 4.69) is 5.10 Å². The van der Waals surface area contributed by atoms with Crippen LogP contribution in [-0.2, 0) is 11.3 Å². The van der Waals surface area contributed by atoms with Gasteiger partial charge in [0.05, 0.1) is 25.6 Å². The number of hydrogen-bond acceptors (Lipinski definition) is 5. The van der Waals surface area contributed by atoms with E-state index >= 15 is 0 Å². The van der Waals surface area contributed by atoms with Gasteiger partial charge in [-0.2, -0.15) is 5.10 Å². The van der Waals surface area contributed by atoms with Gasteiger partial charge in [-0.3, -0.25) is 9.69 Å². The Labute approximate surface area is 186 Å². The fraction of sp³-hybridized carbons (Fsp3) is 0.280. The fourth-order valence-corrected chi connectivity index (χ4v) is 3.84. The number of amides is 1. The zero-order valence-electron chi connectivity index (χ0n) is 18.4. The van der Waals surface area contributed by atoms with Crippen LogP contribution in [0.4, 0.5) is 4.39 Å². The number of aryl methyl sites for hydroxylation is 1. The zero-order chi connectivity index (χ0) is 22.7. The molecule has 2 aromatic carbocycles.